The fraction of sp³-hybridized carbons (Fsp3) is 0.231. The number of carboxylic acid groups (broad SMARTS) is 1. The first-order chi connectivity index (χ1) is 10.1. The standard InChI is InChI=1S/C13H12N4O3S/c1-7-3-11(15-6-14-7)17-12-8(9(16-17)5-20-2)4-10(21-12)13(18)19/h3-4,6H,5H2,1-2H3,(H,18,19). The van der Waals surface area contributed by atoms with Crippen LogP contribution in [0.15, 0.2) is 18.5 Å². The Hall–Kier alpha value is -2.32. The van der Waals surface area contributed by atoms with Crippen molar-refractivity contribution in [1.29, 1.82) is 0 Å². The molecule has 3 aromatic heterocycles. The predicted molar refractivity (Wildman–Crippen MR) is 76.9 cm³/mol. The third-order valence-electron chi connectivity index (χ3n) is 2.93. The summed E-state index contributed by atoms with van der Waals surface area (Å²) in [5.41, 5.74) is 1.50. The molecule has 0 radical (unpaired) electrons. The van der Waals surface area contributed by atoms with Crippen molar-refractivity contribution in [2.45, 2.75) is 13.5 Å². The van der Waals surface area contributed by atoms with Crippen LogP contribution in [-0.4, -0.2) is 37.9 Å². The minimum atomic E-state index is -0.954. The molecule has 3 rings (SSSR count). The Labute approximate surface area is 123 Å². The highest BCUT2D eigenvalue weighted by molar-refractivity contribution is 7.20. The molecule has 0 aliphatic heterocycles. The van der Waals surface area contributed by atoms with Gasteiger partial charge in [0.2, 0.25) is 0 Å². The topological polar surface area (TPSA) is 90.1 Å². The van der Waals surface area contributed by atoms with Crippen molar-refractivity contribution in [3.05, 3.63) is 34.7 Å². The molecule has 0 saturated heterocycles. The zero-order chi connectivity index (χ0) is 15.0. The first-order valence-electron chi connectivity index (χ1n) is 6.13. The molecule has 3 heterocycles. The minimum Gasteiger partial charge on any atom is -0.477 e. The van der Waals surface area contributed by atoms with Gasteiger partial charge in [-0.1, -0.05) is 0 Å². The highest BCUT2D eigenvalue weighted by Crippen LogP contribution is 2.30. The van der Waals surface area contributed by atoms with E-state index < -0.39 is 5.97 Å². The highest BCUT2D eigenvalue weighted by atomic mass is 32.1. The van der Waals surface area contributed by atoms with Gasteiger partial charge in [0.1, 0.15) is 16.0 Å². The van der Waals surface area contributed by atoms with Crippen molar-refractivity contribution in [2.75, 3.05) is 7.11 Å². The zero-order valence-corrected chi connectivity index (χ0v) is 12.2. The number of aromatic carboxylic acids is 1. The second-order valence-electron chi connectivity index (χ2n) is 4.44. The maximum absolute atomic E-state index is 11.2. The van der Waals surface area contributed by atoms with E-state index in [0.29, 0.717) is 18.1 Å². The van der Waals surface area contributed by atoms with Crippen molar-refractivity contribution >= 4 is 27.5 Å². The average molecular weight is 304 g/mol. The summed E-state index contributed by atoms with van der Waals surface area (Å²) in [5, 5.41) is 14.4. The van der Waals surface area contributed by atoms with Crippen molar-refractivity contribution in [3.8, 4) is 5.82 Å². The summed E-state index contributed by atoms with van der Waals surface area (Å²) in [7, 11) is 1.57. The number of aryl methyl sites for hydroxylation is 1. The zero-order valence-electron chi connectivity index (χ0n) is 11.4. The third kappa shape index (κ3) is 2.39. The molecule has 0 aliphatic carbocycles. The van der Waals surface area contributed by atoms with E-state index in [-0.39, 0.29) is 4.88 Å². The van der Waals surface area contributed by atoms with Crippen LogP contribution in [-0.2, 0) is 11.3 Å². The lowest BCUT2D eigenvalue weighted by atomic mass is 10.3. The fourth-order valence-corrected chi connectivity index (χ4v) is 3.01. The maximum atomic E-state index is 11.2. The molecule has 108 valence electrons. The van der Waals surface area contributed by atoms with E-state index >= 15 is 0 Å². The van der Waals surface area contributed by atoms with Gasteiger partial charge in [-0.05, 0) is 13.0 Å². The van der Waals surface area contributed by atoms with Crippen LogP contribution < -0.4 is 0 Å². The van der Waals surface area contributed by atoms with Crippen LogP contribution in [0.4, 0.5) is 0 Å². The van der Waals surface area contributed by atoms with E-state index in [2.05, 4.69) is 15.1 Å². The number of thiophene rings is 1. The maximum Gasteiger partial charge on any atom is 0.345 e. The molecule has 0 aliphatic rings. The predicted octanol–water partition coefficient (Wildman–Crippen LogP) is 2.03. The van der Waals surface area contributed by atoms with Crippen molar-refractivity contribution in [3.63, 3.8) is 0 Å². The Balaban J connectivity index is 2.24. The Morgan fingerprint density at radius 1 is 1.43 bits per heavy atom. The van der Waals surface area contributed by atoms with Gasteiger partial charge in [-0.2, -0.15) is 5.10 Å². The van der Waals surface area contributed by atoms with E-state index in [1.807, 2.05) is 6.92 Å². The monoisotopic (exact) mass is 304 g/mol. The summed E-state index contributed by atoms with van der Waals surface area (Å²) in [6.07, 6.45) is 1.46. The number of methoxy groups -OCH3 is 1. The first kappa shape index (κ1) is 13.7. The largest absolute Gasteiger partial charge is 0.477 e. The van der Waals surface area contributed by atoms with Crippen molar-refractivity contribution < 1.29 is 14.6 Å². The van der Waals surface area contributed by atoms with E-state index in [9.17, 15) is 4.79 Å². The second kappa shape index (κ2) is 5.23. The lowest BCUT2D eigenvalue weighted by molar-refractivity contribution is 0.0702. The minimum absolute atomic E-state index is 0.263. The summed E-state index contributed by atoms with van der Waals surface area (Å²) >= 11 is 1.16. The van der Waals surface area contributed by atoms with Gasteiger partial charge in [0.05, 0.1) is 12.3 Å². The van der Waals surface area contributed by atoms with Gasteiger partial charge in [-0.15, -0.1) is 11.3 Å². The molecule has 0 spiro atoms. The van der Waals surface area contributed by atoms with Crippen LogP contribution in [0.3, 0.4) is 0 Å². The van der Waals surface area contributed by atoms with Crippen LogP contribution in [0.5, 0.6) is 0 Å². The summed E-state index contributed by atoms with van der Waals surface area (Å²) in [6, 6.07) is 3.41. The van der Waals surface area contributed by atoms with Crippen LogP contribution in [0, 0.1) is 6.92 Å². The number of fused-ring (bicyclic) bond motifs is 1. The number of rotatable bonds is 4. The van der Waals surface area contributed by atoms with Gasteiger partial charge in [0.25, 0.3) is 0 Å². The molecule has 21 heavy (non-hydrogen) atoms. The van der Waals surface area contributed by atoms with Gasteiger partial charge >= 0.3 is 5.97 Å². The average Bonchev–Trinajstić information content (AvgIpc) is 3.00. The first-order valence-corrected chi connectivity index (χ1v) is 6.94. The number of carboxylic acids is 1. The van der Waals surface area contributed by atoms with E-state index in [4.69, 9.17) is 9.84 Å². The molecule has 0 saturated carbocycles. The van der Waals surface area contributed by atoms with Crippen LogP contribution in [0.25, 0.3) is 16.0 Å². The molecular formula is C13H12N4O3S. The Kier molecular flexibility index (Phi) is 3.40. The van der Waals surface area contributed by atoms with Crippen LogP contribution >= 0.6 is 11.3 Å². The third-order valence-corrected chi connectivity index (χ3v) is 4.03. The summed E-state index contributed by atoms with van der Waals surface area (Å²) in [4.78, 5) is 20.4. The van der Waals surface area contributed by atoms with Gasteiger partial charge in [0, 0.05) is 24.3 Å². The van der Waals surface area contributed by atoms with Crippen molar-refractivity contribution in [1.82, 2.24) is 19.7 Å². The Morgan fingerprint density at radius 3 is 2.90 bits per heavy atom. The molecular weight excluding hydrogens is 292 g/mol. The van der Waals surface area contributed by atoms with Crippen molar-refractivity contribution in [2.24, 2.45) is 0 Å². The highest BCUT2D eigenvalue weighted by Gasteiger charge is 2.19. The molecule has 0 bridgehead atoms. The van der Waals surface area contributed by atoms with Crippen LogP contribution in [0.1, 0.15) is 21.1 Å². The van der Waals surface area contributed by atoms with E-state index in [1.54, 1.807) is 23.9 Å². The second-order valence-corrected chi connectivity index (χ2v) is 5.47. The van der Waals surface area contributed by atoms with E-state index in [0.717, 1.165) is 27.2 Å². The molecule has 0 amide bonds. The Morgan fingerprint density at radius 2 is 2.24 bits per heavy atom. The quantitative estimate of drug-likeness (QED) is 0.793. The molecule has 3 aromatic rings. The normalized spacial score (nSPS) is 11.1. The summed E-state index contributed by atoms with van der Waals surface area (Å²) in [5.74, 6) is -0.348. The number of aromatic nitrogens is 4. The molecule has 0 aromatic carbocycles. The molecule has 8 heteroatoms. The smallest absolute Gasteiger partial charge is 0.345 e. The fourth-order valence-electron chi connectivity index (χ4n) is 2.03. The SMILES string of the molecule is COCc1nn(-c2cc(C)ncn2)c2sc(C(=O)O)cc12. The van der Waals surface area contributed by atoms with Gasteiger partial charge in [-0.25, -0.2) is 19.4 Å². The molecule has 0 fully saturated rings. The number of nitrogens with zero attached hydrogens (tertiary/aromatic N) is 4. The summed E-state index contributed by atoms with van der Waals surface area (Å²) < 4.78 is 6.76. The Bertz CT molecular complexity index is 824. The lowest BCUT2D eigenvalue weighted by Gasteiger charge is -2.01. The van der Waals surface area contributed by atoms with Crippen LogP contribution in [0.2, 0.25) is 0 Å². The lowest BCUT2D eigenvalue weighted by Crippen LogP contribution is -2.01. The number of carbonyl (C=O) groups is 1. The molecule has 0 atom stereocenters. The summed E-state index contributed by atoms with van der Waals surface area (Å²) in [6.45, 7) is 2.17. The number of hydrogen-bond donors (Lipinski definition) is 1. The van der Waals surface area contributed by atoms with Gasteiger partial charge in [-0.3, -0.25) is 0 Å². The molecule has 0 unspecified atom stereocenters. The van der Waals surface area contributed by atoms with E-state index in [1.165, 1.54) is 6.33 Å². The number of hydrogen-bond acceptors (Lipinski definition) is 6. The molecule has 7 nitrogen and oxygen atoms in total. The number of ether oxygens (including phenoxy) is 1. The van der Waals surface area contributed by atoms with Gasteiger partial charge in [0.15, 0.2) is 5.82 Å². The van der Waals surface area contributed by atoms with Gasteiger partial charge < -0.3 is 9.84 Å². The molecule has 1 N–H and O–H groups in total.